The molecule has 174 valence electrons. The summed E-state index contributed by atoms with van der Waals surface area (Å²) in [7, 11) is 0. The van der Waals surface area contributed by atoms with Crippen molar-refractivity contribution in [1.29, 1.82) is 0 Å². The molecule has 0 saturated heterocycles. The van der Waals surface area contributed by atoms with E-state index in [9.17, 15) is 14.9 Å². The lowest BCUT2D eigenvalue weighted by atomic mass is 10.1. The minimum absolute atomic E-state index is 0.0109. The Kier molecular flexibility index (Phi) is 9.44. The van der Waals surface area contributed by atoms with E-state index in [-0.39, 0.29) is 18.1 Å². The predicted molar refractivity (Wildman–Crippen MR) is 129 cm³/mol. The van der Waals surface area contributed by atoms with Crippen LogP contribution >= 0.6 is 11.8 Å². The molecule has 0 saturated carbocycles. The zero-order chi connectivity index (χ0) is 23.5. The normalized spacial score (nSPS) is 10.8. The van der Waals surface area contributed by atoms with Gasteiger partial charge in [0.15, 0.2) is 11.0 Å². The number of carbonyl (C=O) groups excluding carboxylic acids is 1. The molecule has 1 amide bonds. The number of carbonyl (C=O) groups is 1. The Balaban J connectivity index is 1.71. The molecular weight excluding hydrogens is 438 g/mol. The Hall–Kier alpha value is -3.20. The van der Waals surface area contributed by atoms with Gasteiger partial charge in [-0.05, 0) is 24.1 Å². The Morgan fingerprint density at radius 1 is 1.03 bits per heavy atom. The minimum atomic E-state index is -0.428. The standard InChI is InChI=1S/C24H29N5O3S/c1-2-3-4-5-9-12-23(30)25-17-22-26-27-24(33-18-19-10-7-6-8-11-19)28(22)20-13-15-21(16-14-20)29(31)32/h6-8,10-11,13-16H,2-5,9,12,17-18H2,1H3,(H,25,30). The molecule has 0 unspecified atom stereocenters. The highest BCUT2D eigenvalue weighted by atomic mass is 32.2. The third kappa shape index (κ3) is 7.42. The van der Waals surface area contributed by atoms with E-state index in [2.05, 4.69) is 22.4 Å². The van der Waals surface area contributed by atoms with Gasteiger partial charge in [-0.1, -0.05) is 74.7 Å². The molecule has 1 N–H and O–H groups in total. The summed E-state index contributed by atoms with van der Waals surface area (Å²) in [5.41, 5.74) is 1.88. The van der Waals surface area contributed by atoms with E-state index < -0.39 is 4.92 Å². The summed E-state index contributed by atoms with van der Waals surface area (Å²) in [4.78, 5) is 22.9. The number of amides is 1. The molecule has 0 atom stereocenters. The molecule has 0 fully saturated rings. The zero-order valence-electron chi connectivity index (χ0n) is 18.8. The van der Waals surface area contributed by atoms with E-state index in [0.29, 0.717) is 28.8 Å². The molecule has 0 aliphatic carbocycles. The Morgan fingerprint density at radius 3 is 2.45 bits per heavy atom. The number of aromatic nitrogens is 3. The summed E-state index contributed by atoms with van der Waals surface area (Å²) >= 11 is 1.52. The van der Waals surface area contributed by atoms with Crippen molar-refractivity contribution in [3.8, 4) is 5.69 Å². The number of benzene rings is 2. The molecule has 0 aliphatic rings. The van der Waals surface area contributed by atoms with Crippen molar-refractivity contribution < 1.29 is 9.72 Å². The molecule has 0 spiro atoms. The van der Waals surface area contributed by atoms with Gasteiger partial charge in [0.05, 0.1) is 11.5 Å². The predicted octanol–water partition coefficient (Wildman–Crippen LogP) is 5.44. The van der Waals surface area contributed by atoms with Crippen molar-refractivity contribution in [2.75, 3.05) is 0 Å². The van der Waals surface area contributed by atoms with E-state index in [1.807, 2.05) is 34.9 Å². The summed E-state index contributed by atoms with van der Waals surface area (Å²) in [5.74, 6) is 1.28. The van der Waals surface area contributed by atoms with Crippen LogP contribution < -0.4 is 5.32 Å². The maximum atomic E-state index is 12.3. The second kappa shape index (κ2) is 12.7. The first kappa shape index (κ1) is 24.4. The highest BCUT2D eigenvalue weighted by Crippen LogP contribution is 2.26. The number of unbranched alkanes of at least 4 members (excludes halogenated alkanes) is 4. The van der Waals surface area contributed by atoms with E-state index in [0.717, 1.165) is 24.8 Å². The van der Waals surface area contributed by atoms with Gasteiger partial charge in [-0.2, -0.15) is 0 Å². The SMILES string of the molecule is CCCCCCCC(=O)NCc1nnc(SCc2ccccc2)n1-c1ccc([N+](=O)[O-])cc1. The monoisotopic (exact) mass is 467 g/mol. The van der Waals surface area contributed by atoms with E-state index in [1.165, 1.54) is 36.7 Å². The van der Waals surface area contributed by atoms with E-state index in [1.54, 1.807) is 12.1 Å². The lowest BCUT2D eigenvalue weighted by molar-refractivity contribution is -0.384. The Morgan fingerprint density at radius 2 is 1.76 bits per heavy atom. The summed E-state index contributed by atoms with van der Waals surface area (Å²) in [6.45, 7) is 2.41. The van der Waals surface area contributed by atoms with Crippen LogP contribution in [-0.4, -0.2) is 25.6 Å². The highest BCUT2D eigenvalue weighted by molar-refractivity contribution is 7.98. The molecule has 8 nitrogen and oxygen atoms in total. The number of nitrogens with zero attached hydrogens (tertiary/aromatic N) is 4. The molecule has 33 heavy (non-hydrogen) atoms. The molecule has 0 bridgehead atoms. The van der Waals surface area contributed by atoms with Crippen molar-refractivity contribution in [3.63, 3.8) is 0 Å². The molecule has 2 aromatic carbocycles. The lowest BCUT2D eigenvalue weighted by Crippen LogP contribution is -2.24. The van der Waals surface area contributed by atoms with Gasteiger partial charge < -0.3 is 5.32 Å². The van der Waals surface area contributed by atoms with Gasteiger partial charge >= 0.3 is 0 Å². The van der Waals surface area contributed by atoms with Crippen LogP contribution in [0.1, 0.15) is 56.8 Å². The maximum Gasteiger partial charge on any atom is 0.269 e. The van der Waals surface area contributed by atoms with Crippen LogP contribution in [0.5, 0.6) is 0 Å². The quantitative estimate of drug-likeness (QED) is 0.155. The molecule has 9 heteroatoms. The van der Waals surface area contributed by atoms with Crippen LogP contribution in [0.15, 0.2) is 59.8 Å². The molecule has 1 heterocycles. The first-order valence-corrected chi connectivity index (χ1v) is 12.2. The first-order chi connectivity index (χ1) is 16.1. The fourth-order valence-electron chi connectivity index (χ4n) is 3.37. The average molecular weight is 468 g/mol. The number of nitrogens with one attached hydrogen (secondary N) is 1. The molecular formula is C24H29N5O3S. The number of nitro groups is 1. The number of rotatable bonds is 13. The number of nitro benzene ring substituents is 1. The Bertz CT molecular complexity index is 1040. The van der Waals surface area contributed by atoms with Crippen molar-refractivity contribution in [1.82, 2.24) is 20.1 Å². The minimum Gasteiger partial charge on any atom is -0.349 e. The van der Waals surface area contributed by atoms with Gasteiger partial charge in [-0.3, -0.25) is 19.5 Å². The van der Waals surface area contributed by atoms with Crippen molar-refractivity contribution in [3.05, 3.63) is 76.1 Å². The average Bonchev–Trinajstić information content (AvgIpc) is 3.24. The van der Waals surface area contributed by atoms with Crippen LogP contribution in [0.2, 0.25) is 0 Å². The number of hydrogen-bond acceptors (Lipinski definition) is 6. The summed E-state index contributed by atoms with van der Waals surface area (Å²) in [5, 5.41) is 23.3. The zero-order valence-corrected chi connectivity index (χ0v) is 19.6. The van der Waals surface area contributed by atoms with Crippen molar-refractivity contribution >= 4 is 23.4 Å². The summed E-state index contributed by atoms with van der Waals surface area (Å²) in [6.07, 6.45) is 5.95. The van der Waals surface area contributed by atoms with Gasteiger partial charge in [0.2, 0.25) is 5.91 Å². The summed E-state index contributed by atoms with van der Waals surface area (Å²) in [6, 6.07) is 16.3. The van der Waals surface area contributed by atoms with Gasteiger partial charge in [-0.25, -0.2) is 0 Å². The topological polar surface area (TPSA) is 103 Å². The second-order valence-electron chi connectivity index (χ2n) is 7.72. The number of non-ortho nitro benzene ring substituents is 1. The number of hydrogen-bond donors (Lipinski definition) is 1. The van der Waals surface area contributed by atoms with Gasteiger partial charge in [0.25, 0.3) is 5.69 Å². The fourth-order valence-corrected chi connectivity index (χ4v) is 4.29. The highest BCUT2D eigenvalue weighted by Gasteiger charge is 2.16. The van der Waals surface area contributed by atoms with Gasteiger partial charge in [0, 0.05) is 30.0 Å². The van der Waals surface area contributed by atoms with E-state index >= 15 is 0 Å². The first-order valence-electron chi connectivity index (χ1n) is 11.2. The third-order valence-electron chi connectivity index (χ3n) is 5.18. The van der Waals surface area contributed by atoms with Crippen LogP contribution in [0.4, 0.5) is 5.69 Å². The summed E-state index contributed by atoms with van der Waals surface area (Å²) < 4.78 is 1.85. The van der Waals surface area contributed by atoms with Crippen molar-refractivity contribution in [2.24, 2.45) is 0 Å². The molecule has 0 radical (unpaired) electrons. The van der Waals surface area contributed by atoms with E-state index in [4.69, 9.17) is 0 Å². The van der Waals surface area contributed by atoms with Crippen molar-refractivity contribution in [2.45, 2.75) is 62.9 Å². The molecule has 3 rings (SSSR count). The lowest BCUT2D eigenvalue weighted by Gasteiger charge is -2.11. The molecule has 1 aromatic heterocycles. The van der Waals surface area contributed by atoms with Gasteiger partial charge in [0.1, 0.15) is 0 Å². The molecule has 0 aliphatic heterocycles. The second-order valence-corrected chi connectivity index (χ2v) is 8.67. The van der Waals surface area contributed by atoms with Crippen LogP contribution in [-0.2, 0) is 17.1 Å². The smallest absolute Gasteiger partial charge is 0.269 e. The third-order valence-corrected chi connectivity index (χ3v) is 6.18. The van der Waals surface area contributed by atoms with Crippen LogP contribution in [0.3, 0.4) is 0 Å². The Labute approximate surface area is 198 Å². The maximum absolute atomic E-state index is 12.3. The van der Waals surface area contributed by atoms with Crippen LogP contribution in [0.25, 0.3) is 5.69 Å². The van der Waals surface area contributed by atoms with Crippen LogP contribution in [0, 0.1) is 10.1 Å². The number of thioether (sulfide) groups is 1. The van der Waals surface area contributed by atoms with Gasteiger partial charge in [-0.15, -0.1) is 10.2 Å². The largest absolute Gasteiger partial charge is 0.349 e. The molecule has 3 aromatic rings. The fraction of sp³-hybridized carbons (Fsp3) is 0.375.